The SMILES string of the molecule is O=CC1CCC(c2cccc(Br)c2)O1. The molecule has 2 rings (SSSR count). The summed E-state index contributed by atoms with van der Waals surface area (Å²) in [7, 11) is 0. The van der Waals surface area contributed by atoms with Crippen LogP contribution in [0.5, 0.6) is 0 Å². The van der Waals surface area contributed by atoms with Gasteiger partial charge in [-0.25, -0.2) is 0 Å². The van der Waals surface area contributed by atoms with Crippen LogP contribution in [0.1, 0.15) is 24.5 Å². The Morgan fingerprint density at radius 3 is 2.93 bits per heavy atom. The first-order chi connectivity index (χ1) is 6.79. The molecular weight excluding hydrogens is 244 g/mol. The van der Waals surface area contributed by atoms with Crippen LogP contribution in [0, 0.1) is 0 Å². The molecular formula is C11H11BrO2. The lowest BCUT2D eigenvalue weighted by atomic mass is 10.1. The fourth-order valence-electron chi connectivity index (χ4n) is 1.71. The van der Waals surface area contributed by atoms with Gasteiger partial charge in [-0.2, -0.15) is 0 Å². The molecule has 0 N–H and O–H groups in total. The first-order valence-electron chi connectivity index (χ1n) is 4.66. The topological polar surface area (TPSA) is 26.3 Å². The molecule has 1 saturated heterocycles. The number of aldehydes is 1. The summed E-state index contributed by atoms with van der Waals surface area (Å²) in [4.78, 5) is 10.5. The Balaban J connectivity index is 2.13. The summed E-state index contributed by atoms with van der Waals surface area (Å²) in [6.45, 7) is 0. The van der Waals surface area contributed by atoms with E-state index >= 15 is 0 Å². The lowest BCUT2D eigenvalue weighted by Crippen LogP contribution is -2.07. The van der Waals surface area contributed by atoms with Gasteiger partial charge < -0.3 is 9.53 Å². The van der Waals surface area contributed by atoms with Crippen molar-refractivity contribution >= 4 is 22.2 Å². The highest BCUT2D eigenvalue weighted by Crippen LogP contribution is 2.32. The van der Waals surface area contributed by atoms with Crippen molar-refractivity contribution in [2.45, 2.75) is 25.0 Å². The van der Waals surface area contributed by atoms with Crippen LogP contribution < -0.4 is 0 Å². The van der Waals surface area contributed by atoms with Crippen LogP contribution in [0.4, 0.5) is 0 Å². The van der Waals surface area contributed by atoms with Crippen molar-refractivity contribution in [2.24, 2.45) is 0 Å². The third-order valence-electron chi connectivity index (χ3n) is 2.42. The number of halogens is 1. The third kappa shape index (κ3) is 2.04. The van der Waals surface area contributed by atoms with E-state index in [0.717, 1.165) is 29.2 Å². The fourth-order valence-corrected chi connectivity index (χ4v) is 2.13. The highest BCUT2D eigenvalue weighted by atomic mass is 79.9. The maximum absolute atomic E-state index is 10.5. The van der Waals surface area contributed by atoms with Gasteiger partial charge in [0.05, 0.1) is 6.10 Å². The molecule has 74 valence electrons. The van der Waals surface area contributed by atoms with Crippen molar-refractivity contribution < 1.29 is 9.53 Å². The van der Waals surface area contributed by atoms with E-state index < -0.39 is 0 Å². The lowest BCUT2D eigenvalue weighted by Gasteiger charge is -2.10. The molecule has 1 aromatic rings. The number of hydrogen-bond donors (Lipinski definition) is 0. The smallest absolute Gasteiger partial charge is 0.148 e. The standard InChI is InChI=1S/C11H11BrO2/c12-9-3-1-2-8(6-9)11-5-4-10(7-13)14-11/h1-3,6-7,10-11H,4-5H2. The van der Waals surface area contributed by atoms with Gasteiger partial charge in [-0.05, 0) is 30.5 Å². The first-order valence-corrected chi connectivity index (χ1v) is 5.45. The molecule has 14 heavy (non-hydrogen) atoms. The molecule has 2 atom stereocenters. The highest BCUT2D eigenvalue weighted by Gasteiger charge is 2.25. The summed E-state index contributed by atoms with van der Waals surface area (Å²) in [6, 6.07) is 8.03. The predicted molar refractivity (Wildman–Crippen MR) is 57.1 cm³/mol. The predicted octanol–water partition coefficient (Wildman–Crippen LogP) is 2.87. The molecule has 2 nitrogen and oxygen atoms in total. The van der Waals surface area contributed by atoms with Crippen LogP contribution in [0.2, 0.25) is 0 Å². The molecule has 0 aromatic heterocycles. The molecule has 1 aliphatic heterocycles. The highest BCUT2D eigenvalue weighted by molar-refractivity contribution is 9.10. The Kier molecular flexibility index (Phi) is 2.99. The van der Waals surface area contributed by atoms with Gasteiger partial charge in [0.1, 0.15) is 12.4 Å². The summed E-state index contributed by atoms with van der Waals surface area (Å²) in [5, 5.41) is 0. The van der Waals surface area contributed by atoms with E-state index in [-0.39, 0.29) is 12.2 Å². The number of carbonyl (C=O) groups excluding carboxylic acids is 1. The zero-order valence-electron chi connectivity index (χ0n) is 7.65. The molecule has 0 spiro atoms. The van der Waals surface area contributed by atoms with E-state index in [0.29, 0.717) is 0 Å². The van der Waals surface area contributed by atoms with Crippen molar-refractivity contribution in [1.29, 1.82) is 0 Å². The molecule has 1 heterocycles. The molecule has 0 bridgehead atoms. The summed E-state index contributed by atoms with van der Waals surface area (Å²) < 4.78 is 6.61. The minimum absolute atomic E-state index is 0.0858. The maximum atomic E-state index is 10.5. The van der Waals surface area contributed by atoms with Crippen LogP contribution in [0.25, 0.3) is 0 Å². The second-order valence-corrected chi connectivity index (χ2v) is 4.35. The monoisotopic (exact) mass is 254 g/mol. The quantitative estimate of drug-likeness (QED) is 0.759. The minimum atomic E-state index is -0.209. The first kappa shape index (κ1) is 9.87. The van der Waals surface area contributed by atoms with E-state index in [4.69, 9.17) is 4.74 Å². The van der Waals surface area contributed by atoms with Gasteiger partial charge in [0, 0.05) is 4.47 Å². The zero-order chi connectivity index (χ0) is 9.97. The van der Waals surface area contributed by atoms with E-state index in [1.165, 1.54) is 0 Å². The average molecular weight is 255 g/mol. The van der Waals surface area contributed by atoms with Crippen molar-refractivity contribution in [3.8, 4) is 0 Å². The molecule has 0 amide bonds. The van der Waals surface area contributed by atoms with Crippen molar-refractivity contribution in [1.82, 2.24) is 0 Å². The van der Waals surface area contributed by atoms with Crippen molar-refractivity contribution in [3.63, 3.8) is 0 Å². The minimum Gasteiger partial charge on any atom is -0.363 e. The Hall–Kier alpha value is -0.670. The van der Waals surface area contributed by atoms with Gasteiger partial charge in [-0.3, -0.25) is 0 Å². The molecule has 1 aromatic carbocycles. The third-order valence-corrected chi connectivity index (χ3v) is 2.92. The van der Waals surface area contributed by atoms with Crippen molar-refractivity contribution in [2.75, 3.05) is 0 Å². The largest absolute Gasteiger partial charge is 0.363 e. The Morgan fingerprint density at radius 2 is 2.29 bits per heavy atom. The van der Waals surface area contributed by atoms with Gasteiger partial charge in [0.25, 0.3) is 0 Å². The summed E-state index contributed by atoms with van der Waals surface area (Å²) in [5.74, 6) is 0. The molecule has 1 aliphatic rings. The number of ether oxygens (including phenoxy) is 1. The number of rotatable bonds is 2. The normalized spacial score (nSPS) is 26.4. The summed E-state index contributed by atoms with van der Waals surface area (Å²) >= 11 is 3.42. The van der Waals surface area contributed by atoms with Crippen LogP contribution >= 0.6 is 15.9 Å². The van der Waals surface area contributed by atoms with E-state index in [2.05, 4.69) is 15.9 Å². The summed E-state index contributed by atoms with van der Waals surface area (Å²) in [6.07, 6.45) is 2.53. The second-order valence-electron chi connectivity index (χ2n) is 3.43. The van der Waals surface area contributed by atoms with Gasteiger partial charge in [0.15, 0.2) is 0 Å². The molecule has 1 fully saturated rings. The van der Waals surface area contributed by atoms with Gasteiger partial charge >= 0.3 is 0 Å². The van der Waals surface area contributed by atoms with Gasteiger partial charge in [-0.15, -0.1) is 0 Å². The molecule has 3 heteroatoms. The molecule has 0 radical (unpaired) electrons. The van der Waals surface area contributed by atoms with Crippen molar-refractivity contribution in [3.05, 3.63) is 34.3 Å². The molecule has 2 unspecified atom stereocenters. The zero-order valence-corrected chi connectivity index (χ0v) is 9.24. The van der Waals surface area contributed by atoms with E-state index in [1.54, 1.807) is 0 Å². The van der Waals surface area contributed by atoms with Crippen LogP contribution in [0.15, 0.2) is 28.7 Å². The average Bonchev–Trinajstić information content (AvgIpc) is 2.66. The van der Waals surface area contributed by atoms with E-state index in [1.807, 2.05) is 24.3 Å². The fraction of sp³-hybridized carbons (Fsp3) is 0.364. The number of carbonyl (C=O) groups is 1. The van der Waals surface area contributed by atoms with Gasteiger partial charge in [0.2, 0.25) is 0 Å². The van der Waals surface area contributed by atoms with Crippen LogP contribution in [0.3, 0.4) is 0 Å². The summed E-state index contributed by atoms with van der Waals surface area (Å²) in [5.41, 5.74) is 1.14. The maximum Gasteiger partial charge on any atom is 0.148 e. The Labute approximate surface area is 91.4 Å². The number of hydrogen-bond acceptors (Lipinski definition) is 2. The lowest BCUT2D eigenvalue weighted by molar-refractivity contribution is -0.117. The van der Waals surface area contributed by atoms with Crippen LogP contribution in [-0.4, -0.2) is 12.4 Å². The van der Waals surface area contributed by atoms with Crippen LogP contribution in [-0.2, 0) is 9.53 Å². The second kappa shape index (κ2) is 4.24. The molecule has 0 aliphatic carbocycles. The molecule has 0 saturated carbocycles. The van der Waals surface area contributed by atoms with Gasteiger partial charge in [-0.1, -0.05) is 28.1 Å². The number of benzene rings is 1. The van der Waals surface area contributed by atoms with E-state index in [9.17, 15) is 4.79 Å². The Morgan fingerprint density at radius 1 is 1.43 bits per heavy atom. The Bertz CT molecular complexity index is 338.